The van der Waals surface area contributed by atoms with Gasteiger partial charge in [-0.25, -0.2) is 0 Å². The molecule has 176 valence electrons. The zero-order chi connectivity index (χ0) is 21.7. The number of hydrogen-bond donors (Lipinski definition) is 2. The van der Waals surface area contributed by atoms with E-state index in [1.165, 1.54) is 77.0 Å². The first-order valence-corrected chi connectivity index (χ1v) is 12.4. The van der Waals surface area contributed by atoms with Crippen molar-refractivity contribution < 1.29 is 29.2 Å². The molecule has 0 amide bonds. The highest BCUT2D eigenvalue weighted by Gasteiger charge is 2.58. The lowest BCUT2D eigenvalue weighted by Gasteiger charge is -2.26. The Bertz CT molecular complexity index is 471. The number of carbonyl (C=O) groups is 1. The molecule has 0 aromatic rings. The molecule has 2 aliphatic rings. The molecule has 2 rings (SSSR count). The average Bonchev–Trinajstić information content (AvgIpc) is 3.25. The number of esters is 1. The third-order valence-electron chi connectivity index (χ3n) is 6.33. The number of fused-ring (bicyclic) bond motifs is 1. The molecule has 2 saturated heterocycles. The van der Waals surface area contributed by atoms with Crippen LogP contribution in [0.4, 0.5) is 0 Å². The van der Waals surface area contributed by atoms with Crippen molar-refractivity contribution in [2.45, 2.75) is 134 Å². The normalized spacial score (nSPS) is 28.0. The zero-order valence-corrected chi connectivity index (χ0v) is 19.0. The second kappa shape index (κ2) is 14.4. The summed E-state index contributed by atoms with van der Waals surface area (Å²) in [7, 11) is 0. The zero-order valence-electron chi connectivity index (χ0n) is 19.0. The van der Waals surface area contributed by atoms with Crippen molar-refractivity contribution in [2.75, 3.05) is 13.2 Å². The second-order valence-corrected chi connectivity index (χ2v) is 9.12. The highest BCUT2D eigenvalue weighted by Crippen LogP contribution is 2.35. The molecule has 30 heavy (non-hydrogen) atoms. The summed E-state index contributed by atoms with van der Waals surface area (Å²) in [6.45, 7) is 2.21. The maximum atomic E-state index is 12.1. The molecule has 6 nitrogen and oxygen atoms in total. The average molecular weight is 429 g/mol. The van der Waals surface area contributed by atoms with Crippen LogP contribution in [-0.4, -0.2) is 53.5 Å². The van der Waals surface area contributed by atoms with E-state index in [1.54, 1.807) is 0 Å². The van der Waals surface area contributed by atoms with Gasteiger partial charge in [-0.3, -0.25) is 4.79 Å². The van der Waals surface area contributed by atoms with Crippen molar-refractivity contribution in [3.05, 3.63) is 0 Å². The Morgan fingerprint density at radius 3 is 1.90 bits per heavy atom. The fourth-order valence-corrected chi connectivity index (χ4v) is 4.45. The maximum absolute atomic E-state index is 12.1. The van der Waals surface area contributed by atoms with Crippen molar-refractivity contribution in [1.82, 2.24) is 0 Å². The van der Waals surface area contributed by atoms with Gasteiger partial charge in [0.15, 0.2) is 6.10 Å². The molecule has 0 aromatic carbocycles. The molecule has 4 atom stereocenters. The van der Waals surface area contributed by atoms with Gasteiger partial charge in [-0.2, -0.15) is 0 Å². The predicted molar refractivity (Wildman–Crippen MR) is 116 cm³/mol. The van der Waals surface area contributed by atoms with E-state index in [2.05, 4.69) is 6.92 Å². The summed E-state index contributed by atoms with van der Waals surface area (Å²) in [6, 6.07) is 0. The van der Waals surface area contributed by atoms with Gasteiger partial charge >= 0.3 is 5.97 Å². The van der Waals surface area contributed by atoms with Gasteiger partial charge in [0.2, 0.25) is 0 Å². The van der Waals surface area contributed by atoms with Crippen LogP contribution in [0.2, 0.25) is 0 Å². The van der Waals surface area contributed by atoms with Gasteiger partial charge in [0.25, 0.3) is 5.79 Å². The number of rotatable bonds is 17. The molecule has 2 fully saturated rings. The number of aliphatic hydroxyl groups excluding tert-OH is 1. The summed E-state index contributed by atoms with van der Waals surface area (Å²) in [6.07, 6.45) is 17.3. The number of carbonyl (C=O) groups excluding carboxylic acids is 1. The summed E-state index contributed by atoms with van der Waals surface area (Å²) < 4.78 is 15.9. The molecule has 0 bridgehead atoms. The minimum Gasteiger partial charge on any atom is -0.428 e. The van der Waals surface area contributed by atoms with Crippen LogP contribution in [0.25, 0.3) is 0 Å². The standard InChI is InChI=1S/C24H44O6/c1-2-3-4-5-6-7-8-9-10-11-12-13-14-15-16-17-21(26)30-24(27)19-29-22-20(25)18-28-23(22)24/h20,22-23,25,27H,2-19H2,1H3/t20-,22-,23+,24+/m1/s1. The Morgan fingerprint density at radius 1 is 0.867 bits per heavy atom. The topological polar surface area (TPSA) is 85.2 Å². The van der Waals surface area contributed by atoms with Crippen LogP contribution in [0.5, 0.6) is 0 Å². The summed E-state index contributed by atoms with van der Waals surface area (Å²) in [4.78, 5) is 12.1. The molecule has 0 radical (unpaired) electrons. The lowest BCUT2D eigenvalue weighted by Crippen LogP contribution is -2.47. The molecular weight excluding hydrogens is 384 g/mol. The van der Waals surface area contributed by atoms with Crippen LogP contribution in [0, 0.1) is 0 Å². The van der Waals surface area contributed by atoms with Crippen LogP contribution in [0.3, 0.4) is 0 Å². The molecular formula is C24H44O6. The Labute approximate surface area is 182 Å². The van der Waals surface area contributed by atoms with E-state index in [1.807, 2.05) is 0 Å². The van der Waals surface area contributed by atoms with E-state index in [0.717, 1.165) is 19.3 Å². The minimum absolute atomic E-state index is 0.0915. The maximum Gasteiger partial charge on any atom is 0.308 e. The largest absolute Gasteiger partial charge is 0.428 e. The van der Waals surface area contributed by atoms with E-state index in [9.17, 15) is 15.0 Å². The quantitative estimate of drug-likeness (QED) is 0.199. The number of ether oxygens (including phenoxy) is 3. The number of aliphatic hydroxyl groups is 2. The molecule has 0 aromatic heterocycles. The molecule has 0 saturated carbocycles. The summed E-state index contributed by atoms with van der Waals surface area (Å²) >= 11 is 0. The number of unbranched alkanes of at least 4 members (excludes halogenated alkanes) is 14. The Kier molecular flexibility index (Phi) is 12.3. The highest BCUT2D eigenvalue weighted by molar-refractivity contribution is 5.69. The van der Waals surface area contributed by atoms with Gasteiger partial charge in [-0.1, -0.05) is 96.8 Å². The monoisotopic (exact) mass is 428 g/mol. The summed E-state index contributed by atoms with van der Waals surface area (Å²) in [5, 5.41) is 20.2. The summed E-state index contributed by atoms with van der Waals surface area (Å²) in [5.74, 6) is -2.20. The third-order valence-corrected chi connectivity index (χ3v) is 6.33. The lowest BCUT2D eigenvalue weighted by atomic mass is 10.0. The van der Waals surface area contributed by atoms with Crippen LogP contribution in [0.1, 0.15) is 110 Å². The predicted octanol–water partition coefficient (Wildman–Crippen LogP) is 4.64. The Morgan fingerprint density at radius 2 is 1.37 bits per heavy atom. The SMILES string of the molecule is CCCCCCCCCCCCCCCCCC(=O)O[C@@]1(O)CO[C@@H]2[C@H](O)CO[C@@H]21. The van der Waals surface area contributed by atoms with E-state index in [0.29, 0.717) is 6.42 Å². The van der Waals surface area contributed by atoms with Crippen LogP contribution < -0.4 is 0 Å². The molecule has 0 spiro atoms. The van der Waals surface area contributed by atoms with Crippen molar-refractivity contribution in [3.63, 3.8) is 0 Å². The first-order valence-electron chi connectivity index (χ1n) is 12.4. The highest BCUT2D eigenvalue weighted by atomic mass is 16.7. The third kappa shape index (κ3) is 8.81. The fraction of sp³-hybridized carbons (Fsp3) is 0.958. The van der Waals surface area contributed by atoms with E-state index < -0.39 is 30.1 Å². The van der Waals surface area contributed by atoms with Gasteiger partial charge < -0.3 is 24.4 Å². The smallest absolute Gasteiger partial charge is 0.308 e. The molecule has 2 heterocycles. The van der Waals surface area contributed by atoms with Gasteiger partial charge in [-0.05, 0) is 6.42 Å². The van der Waals surface area contributed by atoms with Crippen LogP contribution in [0.15, 0.2) is 0 Å². The minimum atomic E-state index is -1.77. The van der Waals surface area contributed by atoms with Gasteiger partial charge in [0.1, 0.15) is 18.8 Å². The molecule has 2 aliphatic heterocycles. The summed E-state index contributed by atoms with van der Waals surface area (Å²) in [5.41, 5.74) is 0. The van der Waals surface area contributed by atoms with Crippen molar-refractivity contribution in [2.24, 2.45) is 0 Å². The Hall–Kier alpha value is -0.690. The van der Waals surface area contributed by atoms with Crippen LogP contribution in [-0.2, 0) is 19.0 Å². The van der Waals surface area contributed by atoms with Crippen molar-refractivity contribution in [1.29, 1.82) is 0 Å². The first-order chi connectivity index (χ1) is 14.6. The van der Waals surface area contributed by atoms with Crippen molar-refractivity contribution in [3.8, 4) is 0 Å². The molecule has 2 N–H and O–H groups in total. The van der Waals surface area contributed by atoms with Crippen molar-refractivity contribution >= 4 is 5.97 Å². The van der Waals surface area contributed by atoms with Gasteiger partial charge in [0, 0.05) is 6.42 Å². The van der Waals surface area contributed by atoms with Gasteiger partial charge in [-0.15, -0.1) is 0 Å². The lowest BCUT2D eigenvalue weighted by molar-refractivity contribution is -0.237. The molecule has 6 heteroatoms. The van der Waals surface area contributed by atoms with E-state index >= 15 is 0 Å². The molecule has 0 unspecified atom stereocenters. The Balaban J connectivity index is 1.37. The fourth-order valence-electron chi connectivity index (χ4n) is 4.45. The second-order valence-electron chi connectivity index (χ2n) is 9.12. The van der Waals surface area contributed by atoms with Gasteiger partial charge in [0.05, 0.1) is 6.61 Å². The molecule has 0 aliphatic carbocycles. The van der Waals surface area contributed by atoms with E-state index in [4.69, 9.17) is 14.2 Å². The number of hydrogen-bond acceptors (Lipinski definition) is 6. The first kappa shape index (κ1) is 25.6. The van der Waals surface area contributed by atoms with Crippen LogP contribution >= 0.6 is 0 Å². The van der Waals surface area contributed by atoms with E-state index in [-0.39, 0.29) is 13.2 Å².